The van der Waals surface area contributed by atoms with Gasteiger partial charge in [-0.1, -0.05) is 36.4 Å². The number of aromatic nitrogens is 2. The molecule has 138 valence electrons. The van der Waals surface area contributed by atoms with Crippen molar-refractivity contribution in [2.75, 3.05) is 5.32 Å². The zero-order chi connectivity index (χ0) is 19.1. The van der Waals surface area contributed by atoms with Crippen molar-refractivity contribution in [3.05, 3.63) is 95.1 Å². The lowest BCUT2D eigenvalue weighted by Crippen LogP contribution is -2.03. The van der Waals surface area contributed by atoms with Crippen molar-refractivity contribution < 1.29 is 8.78 Å². The standard InChI is InChI=1S/C23H17F2N3/c24-17-6-9-21(25)16(10-17)13-26-18-7-8-19-15(11-18)12-20-22(27-28-23(19)20)14-4-2-1-3-5-14/h1-11,26H,12-13H2,(H,27,28). The molecule has 0 saturated carbocycles. The van der Waals surface area contributed by atoms with Crippen LogP contribution in [0.2, 0.25) is 0 Å². The maximum atomic E-state index is 13.8. The van der Waals surface area contributed by atoms with E-state index in [9.17, 15) is 8.78 Å². The van der Waals surface area contributed by atoms with Gasteiger partial charge in [-0.25, -0.2) is 8.78 Å². The van der Waals surface area contributed by atoms with Gasteiger partial charge in [-0.15, -0.1) is 0 Å². The van der Waals surface area contributed by atoms with E-state index >= 15 is 0 Å². The van der Waals surface area contributed by atoms with E-state index in [0.29, 0.717) is 5.56 Å². The first-order chi connectivity index (χ1) is 13.7. The Labute approximate surface area is 161 Å². The number of hydrogen-bond acceptors (Lipinski definition) is 2. The van der Waals surface area contributed by atoms with E-state index in [0.717, 1.165) is 46.8 Å². The Bertz CT molecular complexity index is 1170. The average Bonchev–Trinajstić information content (AvgIpc) is 3.28. The maximum absolute atomic E-state index is 13.8. The lowest BCUT2D eigenvalue weighted by atomic mass is 10.1. The van der Waals surface area contributed by atoms with Crippen molar-refractivity contribution in [1.82, 2.24) is 10.2 Å². The Morgan fingerprint density at radius 3 is 2.68 bits per heavy atom. The summed E-state index contributed by atoms with van der Waals surface area (Å²) in [5, 5.41) is 10.9. The molecule has 1 aromatic heterocycles. The molecule has 0 radical (unpaired) electrons. The lowest BCUT2D eigenvalue weighted by Gasteiger charge is -2.10. The van der Waals surface area contributed by atoms with Crippen LogP contribution in [0.25, 0.3) is 22.5 Å². The number of hydrogen-bond donors (Lipinski definition) is 2. The zero-order valence-electron chi connectivity index (χ0n) is 15.0. The van der Waals surface area contributed by atoms with Crippen molar-refractivity contribution in [1.29, 1.82) is 0 Å². The second-order valence-corrected chi connectivity index (χ2v) is 6.93. The SMILES string of the molecule is Fc1ccc(F)c(CNc2ccc3c(c2)Cc2c(-c4ccccc4)n[nH]c2-3)c1. The molecule has 1 aliphatic rings. The summed E-state index contributed by atoms with van der Waals surface area (Å²) >= 11 is 0. The van der Waals surface area contributed by atoms with Gasteiger partial charge in [0.2, 0.25) is 0 Å². The number of nitrogens with one attached hydrogen (secondary N) is 2. The van der Waals surface area contributed by atoms with E-state index in [1.165, 1.54) is 17.2 Å². The van der Waals surface area contributed by atoms with E-state index in [2.05, 4.69) is 33.7 Å². The molecule has 0 unspecified atom stereocenters. The summed E-state index contributed by atoms with van der Waals surface area (Å²) in [6.07, 6.45) is 0.787. The van der Waals surface area contributed by atoms with Crippen molar-refractivity contribution in [2.45, 2.75) is 13.0 Å². The number of rotatable bonds is 4. The Morgan fingerprint density at radius 1 is 0.964 bits per heavy atom. The summed E-state index contributed by atoms with van der Waals surface area (Å²) < 4.78 is 27.2. The third kappa shape index (κ3) is 2.85. The van der Waals surface area contributed by atoms with Gasteiger partial charge >= 0.3 is 0 Å². The van der Waals surface area contributed by atoms with Crippen LogP contribution in [-0.2, 0) is 13.0 Å². The number of nitrogens with zero attached hydrogens (tertiary/aromatic N) is 1. The highest BCUT2D eigenvalue weighted by atomic mass is 19.1. The first-order valence-electron chi connectivity index (χ1n) is 9.13. The summed E-state index contributed by atoms with van der Waals surface area (Å²) in [6, 6.07) is 19.7. The Balaban J connectivity index is 1.39. The molecule has 1 aliphatic carbocycles. The first-order valence-corrected chi connectivity index (χ1v) is 9.13. The van der Waals surface area contributed by atoms with E-state index in [-0.39, 0.29) is 6.54 Å². The summed E-state index contributed by atoms with van der Waals surface area (Å²) in [5.41, 5.74) is 7.81. The quantitative estimate of drug-likeness (QED) is 0.434. The van der Waals surface area contributed by atoms with Gasteiger partial charge in [-0.2, -0.15) is 5.10 Å². The van der Waals surface area contributed by atoms with Crippen LogP contribution in [0.5, 0.6) is 0 Å². The molecule has 0 amide bonds. The third-order valence-corrected chi connectivity index (χ3v) is 5.15. The Hall–Kier alpha value is -3.47. The van der Waals surface area contributed by atoms with Gasteiger partial charge in [0.15, 0.2) is 0 Å². The highest BCUT2D eigenvalue weighted by Gasteiger charge is 2.25. The van der Waals surface area contributed by atoms with Crippen LogP contribution < -0.4 is 5.32 Å². The minimum absolute atomic E-state index is 0.227. The molecule has 0 fully saturated rings. The average molecular weight is 373 g/mol. The van der Waals surface area contributed by atoms with Crippen LogP contribution in [0, 0.1) is 11.6 Å². The van der Waals surface area contributed by atoms with E-state index in [1.807, 2.05) is 30.3 Å². The number of benzene rings is 3. The van der Waals surface area contributed by atoms with Crippen LogP contribution in [0.1, 0.15) is 16.7 Å². The van der Waals surface area contributed by atoms with Gasteiger partial charge in [0.05, 0.1) is 11.4 Å². The van der Waals surface area contributed by atoms with Crippen LogP contribution in [0.3, 0.4) is 0 Å². The number of halogens is 2. The summed E-state index contributed by atoms with van der Waals surface area (Å²) in [6.45, 7) is 0.227. The fourth-order valence-corrected chi connectivity index (χ4v) is 3.76. The van der Waals surface area contributed by atoms with Crippen molar-refractivity contribution in [2.24, 2.45) is 0 Å². The molecule has 0 aliphatic heterocycles. The first kappa shape index (κ1) is 16.7. The number of aromatic amines is 1. The Morgan fingerprint density at radius 2 is 1.82 bits per heavy atom. The number of fused-ring (bicyclic) bond motifs is 3. The summed E-state index contributed by atoms with van der Waals surface area (Å²) in [4.78, 5) is 0. The predicted molar refractivity (Wildman–Crippen MR) is 106 cm³/mol. The normalized spacial score (nSPS) is 11.9. The molecular formula is C23H17F2N3. The largest absolute Gasteiger partial charge is 0.381 e. The van der Waals surface area contributed by atoms with Gasteiger partial charge in [0, 0.05) is 40.9 Å². The second-order valence-electron chi connectivity index (χ2n) is 6.93. The van der Waals surface area contributed by atoms with Gasteiger partial charge < -0.3 is 5.32 Å². The highest BCUT2D eigenvalue weighted by Crippen LogP contribution is 2.40. The fraction of sp³-hybridized carbons (Fsp3) is 0.0870. The second kappa shape index (κ2) is 6.60. The van der Waals surface area contributed by atoms with Gasteiger partial charge in [-0.05, 0) is 35.9 Å². The molecule has 1 heterocycles. The highest BCUT2D eigenvalue weighted by molar-refractivity contribution is 5.82. The van der Waals surface area contributed by atoms with Gasteiger partial charge in [0.1, 0.15) is 11.6 Å². The molecule has 0 atom stereocenters. The molecule has 28 heavy (non-hydrogen) atoms. The smallest absolute Gasteiger partial charge is 0.128 e. The van der Waals surface area contributed by atoms with Crippen LogP contribution in [0.4, 0.5) is 14.5 Å². The van der Waals surface area contributed by atoms with Crippen molar-refractivity contribution in [3.8, 4) is 22.5 Å². The summed E-state index contributed by atoms with van der Waals surface area (Å²) in [5.74, 6) is -0.852. The molecule has 0 bridgehead atoms. The molecule has 5 rings (SSSR count). The van der Waals surface area contributed by atoms with Crippen LogP contribution >= 0.6 is 0 Å². The van der Waals surface area contributed by atoms with Crippen LogP contribution in [0.15, 0.2) is 66.7 Å². The van der Waals surface area contributed by atoms with Crippen LogP contribution in [-0.4, -0.2) is 10.2 Å². The minimum atomic E-state index is -0.438. The summed E-state index contributed by atoms with van der Waals surface area (Å²) in [7, 11) is 0. The van der Waals surface area contributed by atoms with E-state index in [1.54, 1.807) is 0 Å². The van der Waals surface area contributed by atoms with E-state index in [4.69, 9.17) is 0 Å². The van der Waals surface area contributed by atoms with E-state index < -0.39 is 11.6 Å². The molecular weight excluding hydrogens is 356 g/mol. The zero-order valence-corrected chi connectivity index (χ0v) is 15.0. The van der Waals surface area contributed by atoms with Gasteiger partial charge in [-0.3, -0.25) is 5.10 Å². The third-order valence-electron chi connectivity index (χ3n) is 5.15. The fourth-order valence-electron chi connectivity index (χ4n) is 3.76. The molecule has 0 spiro atoms. The molecule has 5 heteroatoms. The van der Waals surface area contributed by atoms with Gasteiger partial charge in [0.25, 0.3) is 0 Å². The molecule has 3 aromatic carbocycles. The maximum Gasteiger partial charge on any atom is 0.128 e. The Kier molecular flexibility index (Phi) is 3.93. The van der Waals surface area contributed by atoms with Crippen molar-refractivity contribution in [3.63, 3.8) is 0 Å². The molecule has 3 nitrogen and oxygen atoms in total. The number of anilines is 1. The topological polar surface area (TPSA) is 40.7 Å². The lowest BCUT2D eigenvalue weighted by molar-refractivity contribution is 0.587. The minimum Gasteiger partial charge on any atom is -0.381 e. The predicted octanol–water partition coefficient (Wildman–Crippen LogP) is 5.54. The number of H-pyrrole nitrogens is 1. The molecule has 4 aromatic rings. The molecule has 2 N–H and O–H groups in total. The monoisotopic (exact) mass is 373 g/mol. The molecule has 0 saturated heterocycles. The van der Waals surface area contributed by atoms with Crippen molar-refractivity contribution >= 4 is 5.69 Å².